The van der Waals surface area contributed by atoms with Crippen molar-refractivity contribution in [2.24, 2.45) is 0 Å². The van der Waals surface area contributed by atoms with E-state index in [0.717, 1.165) is 23.8 Å². The van der Waals surface area contributed by atoms with Gasteiger partial charge in [-0.05, 0) is 18.6 Å². The van der Waals surface area contributed by atoms with E-state index in [1.54, 1.807) is 0 Å². The van der Waals surface area contributed by atoms with Crippen LogP contribution in [0.5, 0.6) is 5.75 Å². The van der Waals surface area contributed by atoms with Crippen LogP contribution in [0.1, 0.15) is 23.7 Å². The number of fused-ring (bicyclic) bond motifs is 2. The summed E-state index contributed by atoms with van der Waals surface area (Å²) in [7, 11) is 0. The normalized spacial score (nSPS) is 17.5. The molecule has 0 saturated heterocycles. The van der Waals surface area contributed by atoms with Crippen LogP contribution in [0.15, 0.2) is 36.4 Å². The SMILES string of the molecule is Fc1cc(F)c2nc(C3CCOc4ccccc43)[nH]c2c1. The van der Waals surface area contributed by atoms with Crippen molar-refractivity contribution in [3.05, 3.63) is 59.4 Å². The molecule has 2 aromatic carbocycles. The molecule has 0 amide bonds. The van der Waals surface area contributed by atoms with Gasteiger partial charge in [0.2, 0.25) is 0 Å². The first-order chi connectivity index (χ1) is 10.2. The van der Waals surface area contributed by atoms with Crippen LogP contribution < -0.4 is 4.74 Å². The molecule has 21 heavy (non-hydrogen) atoms. The largest absolute Gasteiger partial charge is 0.493 e. The van der Waals surface area contributed by atoms with Gasteiger partial charge in [0.15, 0.2) is 5.82 Å². The van der Waals surface area contributed by atoms with Gasteiger partial charge in [-0.25, -0.2) is 13.8 Å². The smallest absolute Gasteiger partial charge is 0.153 e. The van der Waals surface area contributed by atoms with Crippen LogP contribution in [0.3, 0.4) is 0 Å². The Morgan fingerprint density at radius 3 is 2.95 bits per heavy atom. The lowest BCUT2D eigenvalue weighted by atomic mass is 9.92. The Balaban J connectivity index is 1.86. The zero-order valence-electron chi connectivity index (χ0n) is 11.1. The van der Waals surface area contributed by atoms with E-state index >= 15 is 0 Å². The number of nitrogens with one attached hydrogen (secondary N) is 1. The Kier molecular flexibility index (Phi) is 2.67. The number of halogens is 2. The lowest BCUT2D eigenvalue weighted by Gasteiger charge is -2.24. The summed E-state index contributed by atoms with van der Waals surface area (Å²) in [4.78, 5) is 7.36. The third-order valence-corrected chi connectivity index (χ3v) is 3.81. The van der Waals surface area contributed by atoms with Crippen molar-refractivity contribution in [2.75, 3.05) is 6.61 Å². The third kappa shape index (κ3) is 1.96. The van der Waals surface area contributed by atoms with Gasteiger partial charge in [0, 0.05) is 17.5 Å². The van der Waals surface area contributed by atoms with Crippen LogP contribution in [0, 0.1) is 11.6 Å². The maximum absolute atomic E-state index is 13.8. The molecule has 1 atom stereocenters. The van der Waals surface area contributed by atoms with Crippen LogP contribution in [-0.4, -0.2) is 16.6 Å². The number of aromatic nitrogens is 2. The van der Waals surface area contributed by atoms with Crippen LogP contribution >= 0.6 is 0 Å². The number of hydrogen-bond acceptors (Lipinski definition) is 2. The summed E-state index contributed by atoms with van der Waals surface area (Å²) in [5.41, 5.74) is 1.57. The maximum Gasteiger partial charge on any atom is 0.153 e. The zero-order chi connectivity index (χ0) is 14.4. The lowest BCUT2D eigenvalue weighted by Crippen LogP contribution is -2.16. The van der Waals surface area contributed by atoms with Crippen molar-refractivity contribution < 1.29 is 13.5 Å². The van der Waals surface area contributed by atoms with Gasteiger partial charge in [0.05, 0.1) is 12.1 Å². The average Bonchev–Trinajstić information content (AvgIpc) is 2.90. The number of aromatic amines is 1. The second-order valence-corrected chi connectivity index (χ2v) is 5.13. The van der Waals surface area contributed by atoms with Crippen molar-refractivity contribution in [1.29, 1.82) is 0 Å². The first-order valence-corrected chi connectivity index (χ1v) is 6.79. The molecule has 3 aromatic rings. The highest BCUT2D eigenvalue weighted by molar-refractivity contribution is 5.76. The highest BCUT2D eigenvalue weighted by atomic mass is 19.1. The predicted octanol–water partition coefficient (Wildman–Crippen LogP) is 3.76. The average molecular weight is 286 g/mol. The van der Waals surface area contributed by atoms with Gasteiger partial charge in [-0.1, -0.05) is 18.2 Å². The molecule has 1 N–H and O–H groups in total. The number of ether oxygens (including phenoxy) is 1. The number of hydrogen-bond donors (Lipinski definition) is 1. The topological polar surface area (TPSA) is 37.9 Å². The van der Waals surface area contributed by atoms with Gasteiger partial charge in [-0.2, -0.15) is 0 Å². The highest BCUT2D eigenvalue weighted by Gasteiger charge is 2.25. The summed E-state index contributed by atoms with van der Waals surface area (Å²) in [5.74, 6) is 0.214. The molecule has 1 aliphatic rings. The summed E-state index contributed by atoms with van der Waals surface area (Å²) in [5, 5.41) is 0. The Morgan fingerprint density at radius 1 is 1.19 bits per heavy atom. The summed E-state index contributed by atoms with van der Waals surface area (Å²) in [6.07, 6.45) is 0.751. The van der Waals surface area contributed by atoms with E-state index < -0.39 is 11.6 Å². The molecule has 0 bridgehead atoms. The quantitative estimate of drug-likeness (QED) is 0.739. The fourth-order valence-corrected chi connectivity index (χ4v) is 2.85. The van der Waals surface area contributed by atoms with Crippen molar-refractivity contribution in [3.63, 3.8) is 0 Å². The number of para-hydroxylation sites is 1. The number of nitrogens with zero attached hydrogens (tertiary/aromatic N) is 1. The van der Waals surface area contributed by atoms with Gasteiger partial charge in [-0.3, -0.25) is 0 Å². The molecule has 0 aliphatic carbocycles. The van der Waals surface area contributed by atoms with Crippen molar-refractivity contribution in [2.45, 2.75) is 12.3 Å². The Morgan fingerprint density at radius 2 is 2.05 bits per heavy atom. The van der Waals surface area contributed by atoms with Gasteiger partial charge < -0.3 is 9.72 Å². The second kappa shape index (κ2) is 4.55. The van der Waals surface area contributed by atoms with Crippen LogP contribution in [0.4, 0.5) is 8.78 Å². The minimum atomic E-state index is -0.646. The Labute approximate surface area is 119 Å². The summed E-state index contributed by atoms with van der Waals surface area (Å²) in [6.45, 7) is 0.579. The summed E-state index contributed by atoms with van der Waals surface area (Å²) >= 11 is 0. The Bertz CT molecular complexity index is 828. The second-order valence-electron chi connectivity index (χ2n) is 5.13. The number of imidazole rings is 1. The predicted molar refractivity (Wildman–Crippen MR) is 74.4 cm³/mol. The van der Waals surface area contributed by atoms with E-state index in [1.165, 1.54) is 6.07 Å². The van der Waals surface area contributed by atoms with E-state index in [0.29, 0.717) is 17.9 Å². The lowest BCUT2D eigenvalue weighted by molar-refractivity contribution is 0.275. The fourth-order valence-electron chi connectivity index (χ4n) is 2.85. The Hall–Kier alpha value is -2.43. The molecule has 3 nitrogen and oxygen atoms in total. The van der Waals surface area contributed by atoms with Crippen LogP contribution in [0.25, 0.3) is 11.0 Å². The minimum Gasteiger partial charge on any atom is -0.493 e. The maximum atomic E-state index is 13.8. The van der Waals surface area contributed by atoms with E-state index in [1.807, 2.05) is 24.3 Å². The van der Waals surface area contributed by atoms with Gasteiger partial charge in [0.1, 0.15) is 22.9 Å². The molecule has 0 saturated carbocycles. The molecule has 1 unspecified atom stereocenters. The molecule has 0 fully saturated rings. The van der Waals surface area contributed by atoms with Gasteiger partial charge >= 0.3 is 0 Å². The van der Waals surface area contributed by atoms with Crippen molar-refractivity contribution >= 4 is 11.0 Å². The zero-order valence-corrected chi connectivity index (χ0v) is 11.1. The summed E-state index contributed by atoms with van der Waals surface area (Å²) in [6, 6.07) is 9.84. The van der Waals surface area contributed by atoms with Crippen LogP contribution in [0.2, 0.25) is 0 Å². The molecule has 0 radical (unpaired) electrons. The fraction of sp³-hybridized carbons (Fsp3) is 0.188. The first kappa shape index (κ1) is 12.3. The van der Waals surface area contributed by atoms with E-state index in [2.05, 4.69) is 9.97 Å². The van der Waals surface area contributed by atoms with E-state index in [-0.39, 0.29) is 11.4 Å². The number of rotatable bonds is 1. The van der Waals surface area contributed by atoms with E-state index in [4.69, 9.17) is 4.74 Å². The van der Waals surface area contributed by atoms with Crippen molar-refractivity contribution in [1.82, 2.24) is 9.97 Å². The molecule has 5 heteroatoms. The molecule has 4 rings (SSSR count). The van der Waals surface area contributed by atoms with E-state index in [9.17, 15) is 8.78 Å². The minimum absolute atomic E-state index is 0.00445. The summed E-state index contributed by atoms with van der Waals surface area (Å²) < 4.78 is 32.7. The molecule has 1 aliphatic heterocycles. The molecule has 106 valence electrons. The highest BCUT2D eigenvalue weighted by Crippen LogP contribution is 2.37. The molecular formula is C16H12F2N2O. The van der Waals surface area contributed by atoms with Gasteiger partial charge in [0.25, 0.3) is 0 Å². The molecule has 2 heterocycles. The van der Waals surface area contributed by atoms with Crippen molar-refractivity contribution in [3.8, 4) is 5.75 Å². The monoisotopic (exact) mass is 286 g/mol. The molecule has 0 spiro atoms. The third-order valence-electron chi connectivity index (χ3n) is 3.81. The van der Waals surface area contributed by atoms with Crippen LogP contribution in [-0.2, 0) is 0 Å². The standard InChI is InChI=1S/C16H12F2N2O/c17-9-7-12(18)15-13(8-9)19-16(20-15)11-5-6-21-14-4-2-1-3-10(11)14/h1-4,7-8,11H,5-6H2,(H,19,20). The number of benzene rings is 2. The first-order valence-electron chi connectivity index (χ1n) is 6.79. The molecule has 1 aromatic heterocycles. The number of H-pyrrole nitrogens is 1. The van der Waals surface area contributed by atoms with Gasteiger partial charge in [-0.15, -0.1) is 0 Å². The molecular weight excluding hydrogens is 274 g/mol.